The summed E-state index contributed by atoms with van der Waals surface area (Å²) in [6.07, 6.45) is 0.270. The summed E-state index contributed by atoms with van der Waals surface area (Å²) in [7, 11) is 0. The van der Waals surface area contributed by atoms with Gasteiger partial charge in [0, 0.05) is 6.42 Å². The molecule has 2 nitrogen and oxygen atoms in total. The first kappa shape index (κ1) is 11.9. The van der Waals surface area contributed by atoms with Gasteiger partial charge in [-0.15, -0.1) is 0 Å². The summed E-state index contributed by atoms with van der Waals surface area (Å²) in [5, 5.41) is 0. The third-order valence-electron chi connectivity index (χ3n) is 1.87. The summed E-state index contributed by atoms with van der Waals surface area (Å²) in [5.74, 6) is -0.348. The maximum atomic E-state index is 12.8. The number of rotatable bonds is 5. The molecule has 1 rings (SSSR count). The molecular formula is C12H15FO2. The quantitative estimate of drug-likeness (QED) is 0.745. The van der Waals surface area contributed by atoms with E-state index in [0.29, 0.717) is 5.56 Å². The standard InChI is InChI=1S/C12H15FO2/c1-9(2)15-8-12(14)7-10-4-3-5-11(13)6-10/h3-6,9H,7-8H2,1-2H3. The second kappa shape index (κ2) is 5.61. The van der Waals surface area contributed by atoms with Crippen molar-refractivity contribution in [2.24, 2.45) is 0 Å². The first-order valence-corrected chi connectivity index (χ1v) is 4.95. The van der Waals surface area contributed by atoms with Crippen LogP contribution in [0.5, 0.6) is 0 Å². The fourth-order valence-electron chi connectivity index (χ4n) is 1.19. The van der Waals surface area contributed by atoms with Gasteiger partial charge in [-0.25, -0.2) is 4.39 Å². The van der Waals surface area contributed by atoms with E-state index in [1.165, 1.54) is 12.1 Å². The van der Waals surface area contributed by atoms with Crippen molar-refractivity contribution in [1.82, 2.24) is 0 Å². The number of ketones is 1. The molecular weight excluding hydrogens is 195 g/mol. The lowest BCUT2D eigenvalue weighted by Gasteiger charge is -2.06. The Morgan fingerprint density at radius 3 is 2.80 bits per heavy atom. The zero-order valence-electron chi connectivity index (χ0n) is 9.00. The zero-order valence-corrected chi connectivity index (χ0v) is 9.00. The molecule has 0 amide bonds. The summed E-state index contributed by atoms with van der Waals surface area (Å²) >= 11 is 0. The summed E-state index contributed by atoms with van der Waals surface area (Å²) < 4.78 is 18.0. The Kier molecular flexibility index (Phi) is 4.43. The molecule has 0 aromatic heterocycles. The van der Waals surface area contributed by atoms with E-state index in [2.05, 4.69) is 0 Å². The lowest BCUT2D eigenvalue weighted by Crippen LogP contribution is -2.15. The van der Waals surface area contributed by atoms with Crippen molar-refractivity contribution < 1.29 is 13.9 Å². The maximum Gasteiger partial charge on any atom is 0.162 e. The van der Waals surface area contributed by atoms with Crippen LogP contribution in [0.2, 0.25) is 0 Å². The molecule has 0 N–H and O–H groups in total. The van der Waals surface area contributed by atoms with Crippen LogP contribution in [-0.4, -0.2) is 18.5 Å². The van der Waals surface area contributed by atoms with Crippen LogP contribution in [0.15, 0.2) is 24.3 Å². The average molecular weight is 210 g/mol. The molecule has 0 spiro atoms. The summed E-state index contributed by atoms with van der Waals surface area (Å²) in [6.45, 7) is 3.83. The van der Waals surface area contributed by atoms with Gasteiger partial charge in [0.15, 0.2) is 5.78 Å². The maximum absolute atomic E-state index is 12.8. The number of ether oxygens (including phenoxy) is 1. The Hall–Kier alpha value is -1.22. The molecule has 1 aromatic carbocycles. The molecule has 1 aromatic rings. The summed E-state index contributed by atoms with van der Waals surface area (Å²) in [4.78, 5) is 11.4. The van der Waals surface area contributed by atoms with E-state index in [4.69, 9.17) is 4.74 Å². The molecule has 0 saturated carbocycles. The normalized spacial score (nSPS) is 10.7. The van der Waals surface area contributed by atoms with Gasteiger partial charge >= 0.3 is 0 Å². The van der Waals surface area contributed by atoms with Crippen LogP contribution >= 0.6 is 0 Å². The van der Waals surface area contributed by atoms with Gasteiger partial charge in [-0.3, -0.25) is 4.79 Å². The minimum absolute atomic E-state index is 0.0331. The van der Waals surface area contributed by atoms with Crippen molar-refractivity contribution in [3.05, 3.63) is 35.6 Å². The van der Waals surface area contributed by atoms with E-state index in [1.54, 1.807) is 12.1 Å². The van der Waals surface area contributed by atoms with Crippen molar-refractivity contribution in [2.75, 3.05) is 6.61 Å². The molecule has 0 fully saturated rings. The highest BCUT2D eigenvalue weighted by Gasteiger charge is 2.05. The van der Waals surface area contributed by atoms with Gasteiger partial charge in [0.05, 0.1) is 6.10 Å². The lowest BCUT2D eigenvalue weighted by atomic mass is 10.1. The highest BCUT2D eigenvalue weighted by Crippen LogP contribution is 2.05. The van der Waals surface area contributed by atoms with Crippen molar-refractivity contribution >= 4 is 5.78 Å². The average Bonchev–Trinajstić information content (AvgIpc) is 2.15. The highest BCUT2D eigenvalue weighted by atomic mass is 19.1. The monoisotopic (exact) mass is 210 g/mol. The van der Waals surface area contributed by atoms with E-state index in [9.17, 15) is 9.18 Å². The molecule has 0 heterocycles. The Bertz CT molecular complexity index is 334. The van der Waals surface area contributed by atoms with Crippen LogP contribution < -0.4 is 0 Å². The van der Waals surface area contributed by atoms with Gasteiger partial charge in [0.1, 0.15) is 12.4 Å². The number of benzene rings is 1. The Morgan fingerprint density at radius 2 is 2.20 bits per heavy atom. The second-order valence-electron chi connectivity index (χ2n) is 3.71. The lowest BCUT2D eigenvalue weighted by molar-refractivity contribution is -0.124. The molecule has 0 atom stereocenters. The van der Waals surface area contributed by atoms with Crippen molar-refractivity contribution in [1.29, 1.82) is 0 Å². The van der Waals surface area contributed by atoms with E-state index in [-0.39, 0.29) is 30.7 Å². The molecule has 0 saturated heterocycles. The smallest absolute Gasteiger partial charge is 0.162 e. The number of halogens is 1. The van der Waals surface area contributed by atoms with Crippen LogP contribution in [0, 0.1) is 5.82 Å². The first-order valence-electron chi connectivity index (χ1n) is 4.95. The largest absolute Gasteiger partial charge is 0.371 e. The molecule has 0 radical (unpaired) electrons. The number of hydrogen-bond donors (Lipinski definition) is 0. The third kappa shape index (κ3) is 4.70. The Morgan fingerprint density at radius 1 is 1.47 bits per heavy atom. The Labute approximate surface area is 89.1 Å². The van der Waals surface area contributed by atoms with Crippen molar-refractivity contribution in [3.63, 3.8) is 0 Å². The fourth-order valence-corrected chi connectivity index (χ4v) is 1.19. The molecule has 82 valence electrons. The topological polar surface area (TPSA) is 26.3 Å². The van der Waals surface area contributed by atoms with E-state index >= 15 is 0 Å². The predicted octanol–water partition coefficient (Wildman–Crippen LogP) is 2.36. The van der Waals surface area contributed by atoms with E-state index in [0.717, 1.165) is 0 Å². The summed E-state index contributed by atoms with van der Waals surface area (Å²) in [5.41, 5.74) is 0.687. The number of carbonyl (C=O) groups excluding carboxylic acids is 1. The van der Waals surface area contributed by atoms with Crippen LogP contribution in [0.25, 0.3) is 0 Å². The molecule has 0 bridgehead atoms. The van der Waals surface area contributed by atoms with Gasteiger partial charge in [-0.2, -0.15) is 0 Å². The van der Waals surface area contributed by atoms with Gasteiger partial charge in [0.2, 0.25) is 0 Å². The third-order valence-corrected chi connectivity index (χ3v) is 1.87. The van der Waals surface area contributed by atoms with Crippen LogP contribution in [-0.2, 0) is 16.0 Å². The molecule has 0 aliphatic carbocycles. The van der Waals surface area contributed by atoms with Crippen LogP contribution in [0.3, 0.4) is 0 Å². The molecule has 0 unspecified atom stereocenters. The van der Waals surface area contributed by atoms with E-state index in [1.807, 2.05) is 13.8 Å². The van der Waals surface area contributed by atoms with Gasteiger partial charge in [-0.05, 0) is 31.5 Å². The van der Waals surface area contributed by atoms with Gasteiger partial charge < -0.3 is 4.74 Å². The van der Waals surface area contributed by atoms with Crippen LogP contribution in [0.1, 0.15) is 19.4 Å². The minimum Gasteiger partial charge on any atom is -0.371 e. The Balaban J connectivity index is 2.44. The molecule has 3 heteroatoms. The minimum atomic E-state index is -0.315. The zero-order chi connectivity index (χ0) is 11.3. The molecule has 0 aliphatic rings. The fraction of sp³-hybridized carbons (Fsp3) is 0.417. The number of Topliss-reactive ketones (excluding diaryl/α,β-unsaturated/α-hetero) is 1. The van der Waals surface area contributed by atoms with Crippen molar-refractivity contribution in [2.45, 2.75) is 26.4 Å². The van der Waals surface area contributed by atoms with Crippen LogP contribution in [0.4, 0.5) is 4.39 Å². The first-order chi connectivity index (χ1) is 7.08. The SMILES string of the molecule is CC(C)OCC(=O)Cc1cccc(F)c1. The van der Waals surface area contributed by atoms with Crippen molar-refractivity contribution in [3.8, 4) is 0 Å². The number of carbonyl (C=O) groups is 1. The molecule has 0 aliphatic heterocycles. The number of hydrogen-bond acceptors (Lipinski definition) is 2. The van der Waals surface area contributed by atoms with Gasteiger partial charge in [0.25, 0.3) is 0 Å². The van der Waals surface area contributed by atoms with Gasteiger partial charge in [-0.1, -0.05) is 12.1 Å². The highest BCUT2D eigenvalue weighted by molar-refractivity contribution is 5.82. The predicted molar refractivity (Wildman–Crippen MR) is 56.2 cm³/mol. The summed E-state index contributed by atoms with van der Waals surface area (Å²) in [6, 6.07) is 6.06. The molecule has 15 heavy (non-hydrogen) atoms. The second-order valence-corrected chi connectivity index (χ2v) is 3.71. The van der Waals surface area contributed by atoms with E-state index < -0.39 is 0 Å².